The Morgan fingerprint density at radius 1 is 1.11 bits per heavy atom. The largest absolute Gasteiger partial charge is 0.497 e. The molecule has 2 fully saturated rings. The van der Waals surface area contributed by atoms with Crippen LogP contribution in [0.1, 0.15) is 42.9 Å². The second kappa shape index (κ2) is 9.99. The maximum Gasteiger partial charge on any atom is 0.285 e. The molecule has 8 nitrogen and oxygen atoms in total. The van der Waals surface area contributed by atoms with Gasteiger partial charge in [-0.3, -0.25) is 9.69 Å². The molecule has 0 bridgehead atoms. The van der Waals surface area contributed by atoms with E-state index in [2.05, 4.69) is 20.7 Å². The van der Waals surface area contributed by atoms with Gasteiger partial charge in [0.25, 0.3) is 10.0 Å². The van der Waals surface area contributed by atoms with Crippen LogP contribution in [0.4, 0.5) is 0 Å². The number of sulfonamides is 1. The average molecular weight is 497 g/mol. The fourth-order valence-electron chi connectivity index (χ4n) is 5.40. The third-order valence-electron chi connectivity index (χ3n) is 7.23. The minimum Gasteiger partial charge on any atom is -0.497 e. The van der Waals surface area contributed by atoms with Gasteiger partial charge in [-0.2, -0.15) is 8.42 Å². The van der Waals surface area contributed by atoms with Gasteiger partial charge in [-0.15, -0.1) is 4.40 Å². The molecule has 0 radical (unpaired) electrons. The zero-order valence-corrected chi connectivity index (χ0v) is 20.8. The Hall–Kier alpha value is -2.91. The molecule has 3 heterocycles. The van der Waals surface area contributed by atoms with Crippen molar-refractivity contribution in [3.8, 4) is 5.75 Å². The van der Waals surface area contributed by atoms with Crippen molar-refractivity contribution in [1.29, 1.82) is 0 Å². The van der Waals surface area contributed by atoms with Crippen molar-refractivity contribution >= 4 is 21.8 Å². The van der Waals surface area contributed by atoms with Crippen LogP contribution < -0.4 is 10.1 Å². The first-order valence-corrected chi connectivity index (χ1v) is 13.8. The summed E-state index contributed by atoms with van der Waals surface area (Å²) in [5, 5.41) is 3.21. The fourth-order valence-corrected chi connectivity index (χ4v) is 6.63. The van der Waals surface area contributed by atoms with Crippen LogP contribution in [-0.4, -0.2) is 69.8 Å². The number of amides is 1. The van der Waals surface area contributed by atoms with Gasteiger partial charge in [0.15, 0.2) is 5.84 Å². The standard InChI is InChI=1S/C26H32N4O4S/c1-34-21-10-6-8-19(16-21)23(29-13-4-5-14-29)17-27-26(31)20-9-7-15-30(18-20)25-22-11-2-3-12-24(22)35(32,33)28-25/h2-3,6,8,10-12,16,20,23H,4-5,7,9,13-15,17-18H2,1H3,(H,27,31). The van der Waals surface area contributed by atoms with Crippen LogP contribution >= 0.6 is 0 Å². The maximum absolute atomic E-state index is 13.3. The Bertz CT molecular complexity index is 1220. The van der Waals surface area contributed by atoms with Crippen molar-refractivity contribution in [1.82, 2.24) is 15.1 Å². The molecule has 0 aliphatic carbocycles. The molecule has 0 aromatic heterocycles. The van der Waals surface area contributed by atoms with Crippen molar-refractivity contribution < 1.29 is 17.9 Å². The van der Waals surface area contributed by atoms with E-state index < -0.39 is 10.0 Å². The highest BCUT2D eigenvalue weighted by atomic mass is 32.2. The second-order valence-electron chi connectivity index (χ2n) is 9.45. The average Bonchev–Trinajstić information content (AvgIpc) is 3.51. The van der Waals surface area contributed by atoms with E-state index in [-0.39, 0.29) is 22.8 Å². The van der Waals surface area contributed by atoms with Crippen molar-refractivity contribution in [3.05, 3.63) is 59.7 Å². The number of methoxy groups -OCH3 is 1. The molecular formula is C26H32N4O4S. The summed E-state index contributed by atoms with van der Waals surface area (Å²) in [5.74, 6) is 1.07. The van der Waals surface area contributed by atoms with Crippen LogP contribution in [0.15, 0.2) is 57.8 Å². The smallest absolute Gasteiger partial charge is 0.285 e. The van der Waals surface area contributed by atoms with E-state index in [9.17, 15) is 13.2 Å². The van der Waals surface area contributed by atoms with E-state index in [1.54, 1.807) is 25.3 Å². The Labute approximate surface area is 207 Å². The first kappa shape index (κ1) is 23.8. The van der Waals surface area contributed by atoms with Crippen LogP contribution in [-0.2, 0) is 14.8 Å². The maximum atomic E-state index is 13.3. The third kappa shape index (κ3) is 4.92. The van der Waals surface area contributed by atoms with Crippen LogP contribution in [0, 0.1) is 5.92 Å². The summed E-state index contributed by atoms with van der Waals surface area (Å²) in [6.07, 6.45) is 3.92. The van der Waals surface area contributed by atoms with Gasteiger partial charge >= 0.3 is 0 Å². The summed E-state index contributed by atoms with van der Waals surface area (Å²) >= 11 is 0. The number of fused-ring (bicyclic) bond motifs is 1. The number of rotatable bonds is 6. The topological polar surface area (TPSA) is 91.3 Å². The highest BCUT2D eigenvalue weighted by Crippen LogP contribution is 2.30. The molecule has 3 aliphatic rings. The molecule has 1 N–H and O–H groups in total. The number of nitrogens with one attached hydrogen (secondary N) is 1. The fraction of sp³-hybridized carbons (Fsp3) is 0.462. The summed E-state index contributed by atoms with van der Waals surface area (Å²) < 4.78 is 34.5. The van der Waals surface area contributed by atoms with Gasteiger partial charge in [0, 0.05) is 25.2 Å². The molecule has 186 valence electrons. The van der Waals surface area contributed by atoms with E-state index in [1.807, 2.05) is 29.2 Å². The predicted octanol–water partition coefficient (Wildman–Crippen LogP) is 2.81. The second-order valence-corrected chi connectivity index (χ2v) is 11.0. The number of likely N-dealkylation sites (tertiary alicyclic amines) is 2. The first-order chi connectivity index (χ1) is 17.0. The monoisotopic (exact) mass is 496 g/mol. The molecule has 2 saturated heterocycles. The lowest BCUT2D eigenvalue weighted by Crippen LogP contribution is -2.47. The third-order valence-corrected chi connectivity index (χ3v) is 8.56. The number of carbonyl (C=O) groups excluding carboxylic acids is 1. The number of hydrogen-bond acceptors (Lipinski definition) is 6. The molecule has 35 heavy (non-hydrogen) atoms. The van der Waals surface area contributed by atoms with Gasteiger partial charge in [0.2, 0.25) is 5.91 Å². The number of piperidine rings is 1. The van der Waals surface area contributed by atoms with Crippen LogP contribution in [0.5, 0.6) is 5.75 Å². The number of carbonyl (C=O) groups is 1. The molecule has 2 unspecified atom stereocenters. The minimum absolute atomic E-state index is 0.0107. The normalized spacial score (nSPS) is 22.4. The Morgan fingerprint density at radius 3 is 2.71 bits per heavy atom. The zero-order chi connectivity index (χ0) is 24.4. The molecule has 9 heteroatoms. The number of amidine groups is 1. The number of ether oxygens (including phenoxy) is 1. The van der Waals surface area contributed by atoms with E-state index in [4.69, 9.17) is 4.74 Å². The van der Waals surface area contributed by atoms with Crippen LogP contribution in [0.2, 0.25) is 0 Å². The lowest BCUT2D eigenvalue weighted by atomic mass is 9.96. The van der Waals surface area contributed by atoms with E-state index in [0.717, 1.165) is 37.2 Å². The van der Waals surface area contributed by atoms with Gasteiger partial charge in [0.1, 0.15) is 10.6 Å². The van der Waals surface area contributed by atoms with Crippen LogP contribution in [0.3, 0.4) is 0 Å². The highest BCUT2D eigenvalue weighted by Gasteiger charge is 2.35. The molecule has 0 saturated carbocycles. The Kier molecular flexibility index (Phi) is 6.80. The first-order valence-electron chi connectivity index (χ1n) is 12.3. The minimum atomic E-state index is -3.68. The molecule has 2 atom stereocenters. The summed E-state index contributed by atoms with van der Waals surface area (Å²) in [6.45, 7) is 3.71. The molecule has 3 aliphatic heterocycles. The summed E-state index contributed by atoms with van der Waals surface area (Å²) in [7, 11) is -2.01. The van der Waals surface area contributed by atoms with E-state index in [1.165, 1.54) is 12.8 Å². The van der Waals surface area contributed by atoms with Gasteiger partial charge in [0.05, 0.1) is 19.1 Å². The number of nitrogens with zero attached hydrogens (tertiary/aromatic N) is 3. The van der Waals surface area contributed by atoms with Crippen molar-refractivity contribution in [2.24, 2.45) is 10.3 Å². The summed E-state index contributed by atoms with van der Waals surface area (Å²) in [6, 6.07) is 15.1. The highest BCUT2D eigenvalue weighted by molar-refractivity contribution is 7.90. The van der Waals surface area contributed by atoms with Gasteiger partial charge in [-0.05, 0) is 68.6 Å². The van der Waals surface area contributed by atoms with Crippen LogP contribution in [0.25, 0.3) is 0 Å². The van der Waals surface area contributed by atoms with E-state index in [0.29, 0.717) is 31.0 Å². The Balaban J connectivity index is 1.28. The van der Waals surface area contributed by atoms with Gasteiger partial charge in [-0.25, -0.2) is 0 Å². The quantitative estimate of drug-likeness (QED) is 0.661. The molecule has 2 aromatic carbocycles. The number of benzene rings is 2. The van der Waals surface area contributed by atoms with Crippen molar-refractivity contribution in [3.63, 3.8) is 0 Å². The summed E-state index contributed by atoms with van der Waals surface area (Å²) in [5.41, 5.74) is 1.76. The zero-order valence-electron chi connectivity index (χ0n) is 20.0. The molecular weight excluding hydrogens is 464 g/mol. The van der Waals surface area contributed by atoms with Crippen molar-refractivity contribution in [2.45, 2.75) is 36.6 Å². The lowest BCUT2D eigenvalue weighted by Gasteiger charge is -2.34. The van der Waals surface area contributed by atoms with Gasteiger partial charge < -0.3 is 15.0 Å². The molecule has 0 spiro atoms. The number of hydrogen-bond donors (Lipinski definition) is 1. The van der Waals surface area contributed by atoms with E-state index >= 15 is 0 Å². The molecule has 5 rings (SSSR count). The van der Waals surface area contributed by atoms with Gasteiger partial charge in [-0.1, -0.05) is 24.3 Å². The molecule has 1 amide bonds. The molecule has 2 aromatic rings. The lowest BCUT2D eigenvalue weighted by molar-refractivity contribution is -0.126. The van der Waals surface area contributed by atoms with Crippen molar-refractivity contribution in [2.75, 3.05) is 39.8 Å². The Morgan fingerprint density at radius 2 is 1.91 bits per heavy atom. The summed E-state index contributed by atoms with van der Waals surface area (Å²) in [4.78, 5) is 17.9. The predicted molar refractivity (Wildman–Crippen MR) is 134 cm³/mol. The SMILES string of the molecule is COc1cccc(C(CNC(=O)C2CCCN(C3=NS(=O)(=O)c4ccccc43)C2)N2CCCC2)c1.